The van der Waals surface area contributed by atoms with Crippen molar-refractivity contribution in [3.63, 3.8) is 0 Å². The van der Waals surface area contributed by atoms with Crippen molar-refractivity contribution in [2.24, 2.45) is 0 Å². The van der Waals surface area contributed by atoms with Crippen LogP contribution < -0.4 is 10.6 Å². The first-order valence-electron chi connectivity index (χ1n) is 11.1. The first-order chi connectivity index (χ1) is 15.8. The highest BCUT2D eigenvalue weighted by Gasteiger charge is 2.40. The van der Waals surface area contributed by atoms with E-state index in [4.69, 9.17) is 0 Å². The molecule has 2 aromatic carbocycles. The first-order valence-corrected chi connectivity index (χ1v) is 11.9. The molecule has 5 heteroatoms. The van der Waals surface area contributed by atoms with Gasteiger partial charge in [0.05, 0.1) is 11.5 Å². The Labute approximate surface area is 205 Å². The largest absolute Gasteiger partial charge is 0.394 e. The summed E-state index contributed by atoms with van der Waals surface area (Å²) in [6.07, 6.45) is 9.97. The van der Waals surface area contributed by atoms with E-state index in [0.29, 0.717) is 12.1 Å². The first kappa shape index (κ1) is 24.5. The number of halogens is 1. The fraction of sp³-hybridized carbons (Fsp3) is 0.286. The van der Waals surface area contributed by atoms with Crippen molar-refractivity contribution in [2.75, 3.05) is 13.6 Å². The summed E-state index contributed by atoms with van der Waals surface area (Å²) in [7, 11) is 1.82. The van der Waals surface area contributed by atoms with E-state index < -0.39 is 5.41 Å². The average Bonchev–Trinajstić information content (AvgIpc) is 2.77. The molecule has 0 unspecified atom stereocenters. The summed E-state index contributed by atoms with van der Waals surface area (Å²) in [6, 6.07) is 12.7. The lowest BCUT2D eigenvalue weighted by Gasteiger charge is -2.36. The van der Waals surface area contributed by atoms with Gasteiger partial charge in [-0.2, -0.15) is 5.26 Å². The van der Waals surface area contributed by atoms with E-state index in [-0.39, 0.29) is 5.91 Å². The van der Waals surface area contributed by atoms with Gasteiger partial charge in [-0.3, -0.25) is 4.79 Å². The SMILES string of the molecule is C=C/C=C\C(=C/NC)CNC(=O)c1cc(C2(C#N)CCC2)cc(-c2cc(Br)ccc2C)c1C. The van der Waals surface area contributed by atoms with E-state index >= 15 is 0 Å². The number of hydrogen-bond donors (Lipinski definition) is 2. The van der Waals surface area contributed by atoms with Gasteiger partial charge in [0, 0.05) is 29.8 Å². The molecule has 1 aliphatic carbocycles. The van der Waals surface area contributed by atoms with Crippen LogP contribution in [0.2, 0.25) is 0 Å². The molecule has 2 N–H and O–H groups in total. The number of hydrogen-bond acceptors (Lipinski definition) is 3. The Kier molecular flexibility index (Phi) is 7.94. The van der Waals surface area contributed by atoms with Crippen molar-refractivity contribution in [1.29, 1.82) is 5.26 Å². The summed E-state index contributed by atoms with van der Waals surface area (Å²) in [6.45, 7) is 8.13. The fourth-order valence-electron chi connectivity index (χ4n) is 4.20. The van der Waals surface area contributed by atoms with Gasteiger partial charge in [0.2, 0.25) is 0 Å². The number of aryl methyl sites for hydroxylation is 1. The maximum atomic E-state index is 13.4. The number of nitrogens with one attached hydrogen (secondary N) is 2. The van der Waals surface area contributed by atoms with E-state index in [1.54, 1.807) is 6.08 Å². The number of nitrogens with zero attached hydrogens (tertiary/aromatic N) is 1. The molecule has 0 saturated heterocycles. The topological polar surface area (TPSA) is 64.9 Å². The van der Waals surface area contributed by atoms with Gasteiger partial charge in [0.1, 0.15) is 0 Å². The highest BCUT2D eigenvalue weighted by molar-refractivity contribution is 9.10. The Hall–Kier alpha value is -3.10. The molecule has 4 nitrogen and oxygen atoms in total. The normalized spacial score (nSPS) is 14.9. The number of benzene rings is 2. The predicted octanol–water partition coefficient (Wildman–Crippen LogP) is 6.25. The molecule has 0 radical (unpaired) electrons. The molecule has 3 rings (SSSR count). The number of carbonyl (C=O) groups excluding carboxylic acids is 1. The zero-order valence-electron chi connectivity index (χ0n) is 19.5. The molecule has 1 fully saturated rings. The van der Waals surface area contributed by atoms with Crippen LogP contribution in [0.3, 0.4) is 0 Å². The van der Waals surface area contributed by atoms with Gasteiger partial charge in [-0.25, -0.2) is 0 Å². The number of rotatable bonds is 8. The molecule has 1 saturated carbocycles. The van der Waals surface area contributed by atoms with E-state index in [0.717, 1.165) is 57.1 Å². The van der Waals surface area contributed by atoms with Crippen molar-refractivity contribution >= 4 is 21.8 Å². The summed E-state index contributed by atoms with van der Waals surface area (Å²) in [5.74, 6) is -0.148. The molecule has 170 valence electrons. The van der Waals surface area contributed by atoms with Crippen molar-refractivity contribution in [3.8, 4) is 17.2 Å². The molecule has 0 heterocycles. The summed E-state index contributed by atoms with van der Waals surface area (Å²) >= 11 is 3.58. The van der Waals surface area contributed by atoms with E-state index in [1.807, 2.05) is 44.5 Å². The highest BCUT2D eigenvalue weighted by atomic mass is 79.9. The number of allylic oxidation sites excluding steroid dienone is 2. The molecule has 2 aromatic rings. The molecule has 0 aliphatic heterocycles. The molecule has 0 spiro atoms. The summed E-state index contributed by atoms with van der Waals surface area (Å²) in [5.41, 5.74) is 6.05. The number of carbonyl (C=O) groups is 1. The quantitative estimate of drug-likeness (QED) is 0.418. The van der Waals surface area contributed by atoms with E-state index in [9.17, 15) is 10.1 Å². The van der Waals surface area contributed by atoms with E-state index in [1.165, 1.54) is 0 Å². The van der Waals surface area contributed by atoms with Crippen LogP contribution >= 0.6 is 15.9 Å². The van der Waals surface area contributed by atoms with Gasteiger partial charge in [-0.05, 0) is 90.8 Å². The molecular formula is C28H30BrN3O. The second-order valence-electron chi connectivity index (χ2n) is 8.49. The lowest BCUT2D eigenvalue weighted by Crippen LogP contribution is -2.33. The van der Waals surface area contributed by atoms with Gasteiger partial charge in [-0.1, -0.05) is 46.8 Å². The second-order valence-corrected chi connectivity index (χ2v) is 9.40. The summed E-state index contributed by atoms with van der Waals surface area (Å²) in [4.78, 5) is 13.4. The average molecular weight is 504 g/mol. The lowest BCUT2D eigenvalue weighted by molar-refractivity contribution is 0.0956. The van der Waals surface area contributed by atoms with Crippen LogP contribution in [0.5, 0.6) is 0 Å². The zero-order valence-corrected chi connectivity index (χ0v) is 21.1. The van der Waals surface area contributed by atoms with Crippen molar-refractivity contribution < 1.29 is 4.79 Å². The number of amides is 1. The Morgan fingerprint density at radius 2 is 2.00 bits per heavy atom. The number of nitriles is 1. The standard InChI is InChI=1S/C28H30BrN3O/c1-5-6-8-21(16-31-4)17-32-27(33)26-14-22(28(18-30)11-7-12-28)13-25(20(26)3)24-15-23(29)10-9-19(24)2/h5-6,8-10,13-16,31H,1,7,11-12,17H2,2-4H3,(H,32,33)/b8-6-,21-16+. The predicted molar refractivity (Wildman–Crippen MR) is 139 cm³/mol. The van der Waals surface area contributed by atoms with Crippen LogP contribution in [-0.2, 0) is 5.41 Å². The zero-order chi connectivity index (χ0) is 24.0. The maximum absolute atomic E-state index is 13.4. The van der Waals surface area contributed by atoms with Crippen LogP contribution in [0, 0.1) is 25.2 Å². The third kappa shape index (κ3) is 5.29. The molecule has 33 heavy (non-hydrogen) atoms. The third-order valence-corrected chi connectivity index (χ3v) is 6.84. The van der Waals surface area contributed by atoms with Crippen molar-refractivity contribution in [2.45, 2.75) is 38.5 Å². The lowest BCUT2D eigenvalue weighted by atomic mass is 9.64. The second kappa shape index (κ2) is 10.7. The Morgan fingerprint density at radius 1 is 1.24 bits per heavy atom. The van der Waals surface area contributed by atoms with Crippen LogP contribution in [-0.4, -0.2) is 19.5 Å². The Bertz CT molecular complexity index is 1170. The van der Waals surface area contributed by atoms with Crippen molar-refractivity contribution in [3.05, 3.63) is 93.6 Å². The van der Waals surface area contributed by atoms with Crippen molar-refractivity contribution in [1.82, 2.24) is 10.6 Å². The molecule has 1 aliphatic rings. The van der Waals surface area contributed by atoms with Gasteiger partial charge in [0.25, 0.3) is 5.91 Å². The summed E-state index contributed by atoms with van der Waals surface area (Å²) < 4.78 is 0.980. The Balaban J connectivity index is 2.07. The van der Waals surface area contributed by atoms with Gasteiger partial charge < -0.3 is 10.6 Å². The van der Waals surface area contributed by atoms with E-state index in [2.05, 4.69) is 64.3 Å². The van der Waals surface area contributed by atoms with Gasteiger partial charge in [0.15, 0.2) is 0 Å². The third-order valence-electron chi connectivity index (χ3n) is 6.35. The van der Waals surface area contributed by atoms with Crippen LogP contribution in [0.4, 0.5) is 0 Å². The fourth-order valence-corrected chi connectivity index (χ4v) is 4.56. The summed E-state index contributed by atoms with van der Waals surface area (Å²) in [5, 5.41) is 16.0. The molecule has 0 bridgehead atoms. The van der Waals surface area contributed by atoms with Gasteiger partial charge in [-0.15, -0.1) is 0 Å². The molecule has 1 amide bonds. The highest BCUT2D eigenvalue weighted by Crippen LogP contribution is 2.45. The van der Waals surface area contributed by atoms with Crippen LogP contribution in [0.15, 0.2) is 71.4 Å². The Morgan fingerprint density at radius 3 is 2.61 bits per heavy atom. The van der Waals surface area contributed by atoms with Crippen LogP contribution in [0.1, 0.15) is 46.3 Å². The molecule has 0 atom stereocenters. The minimum atomic E-state index is -0.513. The monoisotopic (exact) mass is 503 g/mol. The molecular weight excluding hydrogens is 474 g/mol. The van der Waals surface area contributed by atoms with Crippen LogP contribution in [0.25, 0.3) is 11.1 Å². The smallest absolute Gasteiger partial charge is 0.251 e. The molecule has 0 aromatic heterocycles. The minimum Gasteiger partial charge on any atom is -0.394 e. The minimum absolute atomic E-state index is 0.148. The van der Waals surface area contributed by atoms with Gasteiger partial charge >= 0.3 is 0 Å². The maximum Gasteiger partial charge on any atom is 0.251 e.